The number of hydrogen-bond acceptors (Lipinski definition) is 20. The number of carboxylic acid groups (broad SMARTS) is 1. The van der Waals surface area contributed by atoms with Gasteiger partial charge in [0.2, 0.25) is 88.6 Å². The summed E-state index contributed by atoms with van der Waals surface area (Å²) in [6, 6.07) is 23.3. The Morgan fingerprint density at radius 1 is 0.477 bits per heavy atom. The lowest BCUT2D eigenvalue weighted by Crippen LogP contribution is -2.61. The number of carbonyl (C=O) groups excluding carboxylic acids is 15. The van der Waals surface area contributed by atoms with Crippen molar-refractivity contribution in [1.29, 1.82) is 0 Å². The van der Waals surface area contributed by atoms with Crippen molar-refractivity contribution >= 4 is 128 Å². The van der Waals surface area contributed by atoms with Gasteiger partial charge in [-0.3, -0.25) is 76.7 Å². The number of primary amides is 1. The molecule has 11 unspecified atom stereocenters. The van der Waals surface area contributed by atoms with Gasteiger partial charge in [-0.25, -0.2) is 4.39 Å². The Bertz CT molecular complexity index is 5130. The van der Waals surface area contributed by atoms with E-state index in [0.29, 0.717) is 51.6 Å². The monoisotopic (exact) mass is 1830 g/mol. The van der Waals surface area contributed by atoms with Gasteiger partial charge >= 0.3 is 5.97 Å². The number of thiophene rings is 1. The molecule has 15 amide bonds. The Hall–Kier alpha value is -13.3. The van der Waals surface area contributed by atoms with E-state index in [9.17, 15) is 62.9 Å². The molecular formula is C93H116FN15O19S2. The number of amides is 15. The third-order valence-electron chi connectivity index (χ3n) is 22.0. The number of carbonyl (C=O) groups is 16. The molecule has 1 aliphatic heterocycles. The van der Waals surface area contributed by atoms with Crippen LogP contribution in [0.25, 0.3) is 10.1 Å². The summed E-state index contributed by atoms with van der Waals surface area (Å²) in [5, 5.41) is 57.3. The van der Waals surface area contributed by atoms with Crippen molar-refractivity contribution < 1.29 is 96.4 Å². The van der Waals surface area contributed by atoms with E-state index >= 15 is 33.6 Å². The van der Waals surface area contributed by atoms with Gasteiger partial charge in [-0.2, -0.15) is 0 Å². The van der Waals surface area contributed by atoms with Gasteiger partial charge in [0.25, 0.3) is 0 Å². The topological polar surface area (TPSA) is 484 Å². The second-order valence-electron chi connectivity index (χ2n) is 33.1. The van der Waals surface area contributed by atoms with Crippen LogP contribution in [0.5, 0.6) is 11.5 Å². The highest BCUT2D eigenvalue weighted by Crippen LogP contribution is 2.28. The number of nitrogens with zero attached hydrogens (tertiary/aromatic N) is 5. The van der Waals surface area contributed by atoms with E-state index in [-0.39, 0.29) is 68.8 Å². The van der Waals surface area contributed by atoms with E-state index in [1.54, 1.807) is 106 Å². The van der Waals surface area contributed by atoms with Crippen LogP contribution in [0.4, 0.5) is 4.39 Å². The van der Waals surface area contributed by atoms with Gasteiger partial charge in [0.15, 0.2) is 0 Å². The maximum atomic E-state index is 15.5. The number of halogens is 1. The van der Waals surface area contributed by atoms with Crippen molar-refractivity contribution in [1.82, 2.24) is 72.4 Å². The molecular weight excluding hydrogens is 1710 g/mol. The Morgan fingerprint density at radius 2 is 0.931 bits per heavy atom. The van der Waals surface area contributed by atoms with E-state index in [1.165, 1.54) is 107 Å². The molecule has 1 aromatic heterocycles. The minimum atomic E-state index is -1.92. The van der Waals surface area contributed by atoms with E-state index < -0.39 is 210 Å². The van der Waals surface area contributed by atoms with Crippen LogP contribution in [0.15, 0.2) is 163 Å². The summed E-state index contributed by atoms with van der Waals surface area (Å²) in [6.45, 7) is 6.07. The number of fused-ring (bicyclic) bond motifs is 1. The smallest absolute Gasteiger partial charge is 0.305 e. The van der Waals surface area contributed by atoms with Gasteiger partial charge in [0.1, 0.15) is 83.8 Å². The predicted octanol–water partition coefficient (Wildman–Crippen LogP) is 3.20. The number of nitrogens with two attached hydrogens (primary N) is 1. The molecule has 696 valence electrons. The fourth-order valence-corrected chi connectivity index (χ4v) is 16.7. The van der Waals surface area contributed by atoms with Crippen molar-refractivity contribution in [2.45, 2.75) is 172 Å². The van der Waals surface area contributed by atoms with Gasteiger partial charge in [0, 0.05) is 84.2 Å². The van der Waals surface area contributed by atoms with Gasteiger partial charge in [0.05, 0.1) is 31.8 Å². The highest BCUT2D eigenvalue weighted by molar-refractivity contribution is 8.00. The van der Waals surface area contributed by atoms with E-state index in [4.69, 9.17) is 5.73 Å². The average molecular weight is 1830 g/mol. The second kappa shape index (κ2) is 49.3. The maximum Gasteiger partial charge on any atom is 0.305 e. The van der Waals surface area contributed by atoms with Crippen molar-refractivity contribution in [3.63, 3.8) is 0 Å². The van der Waals surface area contributed by atoms with E-state index in [0.717, 1.165) is 53.1 Å². The number of nitrogens with one attached hydrogen (secondary N) is 9. The number of likely N-dealkylation sites (N-methyl/N-ethyl adjacent to an activating group) is 5. The first-order valence-electron chi connectivity index (χ1n) is 42.7. The minimum absolute atomic E-state index is 0.000373. The lowest BCUT2D eigenvalue weighted by molar-refractivity contribution is -0.151. The number of benzene rings is 6. The van der Waals surface area contributed by atoms with Crippen LogP contribution < -0.4 is 53.6 Å². The number of phenols is 2. The molecule has 1 aliphatic rings. The van der Waals surface area contributed by atoms with E-state index in [1.807, 2.05) is 19.1 Å². The number of aromatic hydroxyl groups is 2. The van der Waals surface area contributed by atoms with Crippen LogP contribution in [-0.2, 0) is 115 Å². The van der Waals surface area contributed by atoms with Crippen LogP contribution in [0, 0.1) is 17.7 Å². The highest BCUT2D eigenvalue weighted by Gasteiger charge is 2.42. The average Bonchev–Trinajstić information content (AvgIpc) is 1.33. The van der Waals surface area contributed by atoms with Gasteiger partial charge < -0.3 is 93.4 Å². The highest BCUT2D eigenvalue weighted by atomic mass is 32.2. The van der Waals surface area contributed by atoms with Crippen molar-refractivity contribution in [2.75, 3.05) is 66.4 Å². The Balaban J connectivity index is 1.22. The standard InChI is InChI=1S/C93H116FN15O19S2/c1-11-12-26-73-91(126)106(7)50-79(114)98-69(47-81(116)117)87(122)104-82(55(4)5)93(128)108(9)74(44-56-21-15-13-16-22-56)88(123)102-70(42-60-32-38-64(111)39-33-60)89(124)105(6)49-78(113)97-68(46-61-51-130-76-27-20-19-25-65(61)76)86(121)101-67(41-59-30-36-63(110)37-31-59)85(120)100-66(40-54(2)3)84(119)103-72(83(118)96-48-77(95)112)52-129-53-80(115)99-71(43-58-28-34-62(94)35-29-58)90(125)109(10)75(92(127)107(73)8)45-57-23-17-14-18-24-57/h13-25,27-39,51,54-55,66-75,82,110-111H,11-12,26,40-50,52-53H2,1-10H3,(H2,95,112)(H,96,118)(H,97,113)(H,98,114)(H,99,115)(H,100,120)(H,101,121)(H,102,123)(H,103,119)(H,104,122)(H,116,117). The number of carboxylic acids is 1. The maximum absolute atomic E-state index is 15.5. The first-order valence-corrected chi connectivity index (χ1v) is 44.7. The molecule has 11 atom stereocenters. The fraction of sp³-hybridized carbons (Fsp3) is 0.419. The summed E-state index contributed by atoms with van der Waals surface area (Å²) < 4.78 is 15.4. The summed E-state index contributed by atoms with van der Waals surface area (Å²) in [6.07, 6.45) is -1.84. The molecule has 14 N–H and O–H groups in total. The quantitative estimate of drug-likeness (QED) is 0.0437. The number of rotatable bonds is 23. The van der Waals surface area contributed by atoms with Crippen LogP contribution in [0.3, 0.4) is 0 Å². The van der Waals surface area contributed by atoms with Gasteiger partial charge in [-0.1, -0.05) is 163 Å². The van der Waals surface area contributed by atoms with Crippen LogP contribution in [-0.4, -0.2) is 267 Å². The SMILES string of the molecule is CCCCC1C(=O)N(C)CC(=O)NC(CC(=O)O)C(=O)NC(C(C)C)C(=O)N(C)C(Cc2ccccc2)C(=O)NC(Cc2ccc(O)cc2)C(=O)N(C)CC(=O)NC(Cc2csc3ccccc23)C(=O)NC(Cc2ccc(O)cc2)C(=O)NC(CC(C)C)C(=O)NC(C(=O)NCC(N)=O)CSCC(=O)NC(Cc2ccc(F)cc2)C(=O)N(C)C(Cc2ccccc2)C(=O)N1C. The molecule has 130 heavy (non-hydrogen) atoms. The fourth-order valence-electron chi connectivity index (χ4n) is 14.8. The van der Waals surface area contributed by atoms with Gasteiger partial charge in [-0.05, 0) is 111 Å². The number of phenolic OH excluding ortho intramolecular Hbond substituents is 2. The molecule has 2 heterocycles. The summed E-state index contributed by atoms with van der Waals surface area (Å²) >= 11 is 2.13. The number of unbranched alkanes of at least 4 members (excludes halogenated alkanes) is 1. The van der Waals surface area contributed by atoms with Gasteiger partial charge in [-0.15, -0.1) is 23.1 Å². The minimum Gasteiger partial charge on any atom is -0.508 e. The summed E-state index contributed by atoms with van der Waals surface area (Å²) in [4.78, 5) is 240. The third-order valence-corrected chi connectivity index (χ3v) is 24.1. The summed E-state index contributed by atoms with van der Waals surface area (Å²) in [5.41, 5.74) is 8.23. The molecule has 0 spiro atoms. The largest absolute Gasteiger partial charge is 0.508 e. The number of aliphatic carboxylic acids is 1. The third kappa shape index (κ3) is 30.7. The molecule has 0 aliphatic carbocycles. The molecule has 8 rings (SSSR count). The van der Waals surface area contributed by atoms with Crippen molar-refractivity contribution in [2.24, 2.45) is 17.6 Å². The zero-order valence-electron chi connectivity index (χ0n) is 74.3. The van der Waals surface area contributed by atoms with Crippen LogP contribution in [0.1, 0.15) is 100 Å². The normalized spacial score (nSPS) is 21.8. The number of hydrogen-bond donors (Lipinski definition) is 13. The molecule has 0 saturated carbocycles. The van der Waals surface area contributed by atoms with Crippen molar-refractivity contribution in [3.8, 4) is 11.5 Å². The molecule has 37 heteroatoms. The zero-order valence-corrected chi connectivity index (χ0v) is 75.9. The molecule has 1 saturated heterocycles. The summed E-state index contributed by atoms with van der Waals surface area (Å²) in [7, 11) is 6.42. The molecule has 0 radical (unpaired) electrons. The first-order chi connectivity index (χ1) is 61.8. The zero-order chi connectivity index (χ0) is 95.2. The molecule has 34 nitrogen and oxygen atoms in total. The number of thioether (sulfide) groups is 1. The van der Waals surface area contributed by atoms with E-state index in [2.05, 4.69) is 47.9 Å². The first kappa shape index (κ1) is 102. The summed E-state index contributed by atoms with van der Waals surface area (Å²) in [5.74, 6) is -18.6. The lowest BCUT2D eigenvalue weighted by Gasteiger charge is -2.37. The lowest BCUT2D eigenvalue weighted by atomic mass is 9.98. The molecule has 6 aromatic carbocycles. The second-order valence-corrected chi connectivity index (χ2v) is 35.0. The Morgan fingerprint density at radius 3 is 1.48 bits per heavy atom. The van der Waals surface area contributed by atoms with Crippen molar-refractivity contribution in [3.05, 3.63) is 202 Å². The van der Waals surface area contributed by atoms with Crippen LogP contribution in [0.2, 0.25) is 0 Å². The molecule has 7 aromatic rings. The Kier molecular flexibility index (Phi) is 38.7. The van der Waals surface area contributed by atoms with Crippen LogP contribution >= 0.6 is 23.1 Å². The predicted molar refractivity (Wildman–Crippen MR) is 486 cm³/mol. The molecule has 1 fully saturated rings. The Labute approximate surface area is 761 Å². The molecule has 0 bridgehead atoms.